The van der Waals surface area contributed by atoms with Gasteiger partial charge in [-0.1, -0.05) is 49.3 Å². The molecule has 0 saturated carbocycles. The number of nitrogens with zero attached hydrogens (tertiary/aromatic N) is 1. The topological polar surface area (TPSA) is 49.4 Å². The number of carbonyl (C=O) groups is 2. The maximum absolute atomic E-state index is 13.2. The molecule has 0 aliphatic carbocycles. The van der Waals surface area contributed by atoms with Gasteiger partial charge < -0.3 is 0 Å². The molecule has 0 radical (unpaired) electrons. The van der Waals surface area contributed by atoms with Crippen molar-refractivity contribution in [3.8, 4) is 0 Å². The average molecular weight is 499 g/mol. The summed E-state index contributed by atoms with van der Waals surface area (Å²) in [6, 6.07) is 19.1. The summed E-state index contributed by atoms with van der Waals surface area (Å²) < 4.78 is 1.04. The quantitative estimate of drug-likeness (QED) is 0.247. The molecule has 2 heterocycles. The molecule has 0 unspecified atom stereocenters. The third kappa shape index (κ3) is 4.96. The molecule has 0 atom stereocenters. The fourth-order valence-electron chi connectivity index (χ4n) is 3.13. The van der Waals surface area contributed by atoms with E-state index < -0.39 is 11.8 Å². The molecular weight excluding hydrogens is 480 g/mol. The van der Waals surface area contributed by atoms with Crippen LogP contribution in [0.2, 0.25) is 5.02 Å². The van der Waals surface area contributed by atoms with Crippen molar-refractivity contribution < 1.29 is 9.59 Å². The second kappa shape index (κ2) is 9.58. The Bertz CT molecular complexity index is 1210. The first-order chi connectivity index (χ1) is 15.3. The minimum Gasteiger partial charge on any atom is -0.298 e. The second-order valence-electron chi connectivity index (χ2n) is 7.42. The van der Waals surface area contributed by atoms with E-state index in [9.17, 15) is 9.59 Å². The van der Waals surface area contributed by atoms with Crippen LogP contribution in [0.4, 0.5) is 5.69 Å². The highest BCUT2D eigenvalue weighted by Crippen LogP contribution is 2.35. The van der Waals surface area contributed by atoms with Gasteiger partial charge >= 0.3 is 0 Å². The van der Waals surface area contributed by atoms with Crippen molar-refractivity contribution in [2.45, 2.75) is 28.9 Å². The lowest BCUT2D eigenvalue weighted by molar-refractivity contribution is -0.122. The van der Waals surface area contributed by atoms with Gasteiger partial charge in [0.05, 0.1) is 9.90 Å². The summed E-state index contributed by atoms with van der Waals surface area (Å²) in [7, 11) is 0. The van der Waals surface area contributed by atoms with E-state index in [0.717, 1.165) is 19.5 Å². The van der Waals surface area contributed by atoms with Gasteiger partial charge in [0.15, 0.2) is 5.11 Å². The Hall–Kier alpha value is -2.45. The first-order valence-corrected chi connectivity index (χ1v) is 12.3. The van der Waals surface area contributed by atoms with Crippen LogP contribution in [0, 0.1) is 0 Å². The van der Waals surface area contributed by atoms with Crippen molar-refractivity contribution in [3.05, 3.63) is 81.7 Å². The molecule has 8 heteroatoms. The Labute approximate surface area is 205 Å². The molecule has 2 amide bonds. The van der Waals surface area contributed by atoms with E-state index in [1.807, 2.05) is 60.7 Å². The minimum absolute atomic E-state index is 0.0522. The van der Waals surface area contributed by atoms with Crippen molar-refractivity contribution in [2.24, 2.45) is 0 Å². The SMILES string of the molecule is CC(C)c1ccc(N2C(=O)/C(=C/c3ccc(Sc4ccc(Cl)cc4)s3)C(=O)NC2=S)cc1. The fraction of sp³-hybridized carbons (Fsp3) is 0.125. The van der Waals surface area contributed by atoms with Crippen molar-refractivity contribution in [1.82, 2.24) is 5.32 Å². The van der Waals surface area contributed by atoms with E-state index >= 15 is 0 Å². The maximum Gasteiger partial charge on any atom is 0.270 e. The van der Waals surface area contributed by atoms with E-state index in [0.29, 0.717) is 16.6 Å². The molecule has 32 heavy (non-hydrogen) atoms. The van der Waals surface area contributed by atoms with Gasteiger partial charge in [-0.05, 0) is 78.3 Å². The van der Waals surface area contributed by atoms with Gasteiger partial charge in [0.1, 0.15) is 5.57 Å². The number of carbonyl (C=O) groups excluding carboxylic acids is 2. The van der Waals surface area contributed by atoms with Gasteiger partial charge in [-0.2, -0.15) is 0 Å². The highest BCUT2D eigenvalue weighted by atomic mass is 35.5. The van der Waals surface area contributed by atoms with E-state index in [1.165, 1.54) is 16.2 Å². The van der Waals surface area contributed by atoms with Crippen molar-refractivity contribution >= 4 is 75.6 Å². The van der Waals surface area contributed by atoms with Crippen LogP contribution < -0.4 is 10.2 Å². The molecule has 1 fully saturated rings. The number of anilines is 1. The summed E-state index contributed by atoms with van der Waals surface area (Å²) in [4.78, 5) is 29.0. The largest absolute Gasteiger partial charge is 0.298 e. The van der Waals surface area contributed by atoms with Crippen LogP contribution in [0.1, 0.15) is 30.2 Å². The highest BCUT2D eigenvalue weighted by molar-refractivity contribution is 8.01. The minimum atomic E-state index is -0.490. The first-order valence-electron chi connectivity index (χ1n) is 9.86. The van der Waals surface area contributed by atoms with Gasteiger partial charge in [0.2, 0.25) is 0 Å². The van der Waals surface area contributed by atoms with E-state index in [4.69, 9.17) is 23.8 Å². The molecule has 0 spiro atoms. The van der Waals surface area contributed by atoms with Crippen LogP contribution in [0.25, 0.3) is 6.08 Å². The lowest BCUT2D eigenvalue weighted by Crippen LogP contribution is -2.54. The standard InChI is InChI=1S/C24H19ClN2O2S3/c1-14(2)15-3-7-17(8-4-15)27-23(29)20(22(28)26-24(27)30)13-19-11-12-21(32-19)31-18-9-5-16(25)6-10-18/h3-14H,1-2H3,(H,26,28,30)/b20-13+. The molecule has 1 saturated heterocycles. The number of nitrogens with one attached hydrogen (secondary N) is 1. The summed E-state index contributed by atoms with van der Waals surface area (Å²) in [5.41, 5.74) is 1.84. The molecule has 1 aliphatic rings. The van der Waals surface area contributed by atoms with E-state index in [-0.39, 0.29) is 10.7 Å². The van der Waals surface area contributed by atoms with Crippen molar-refractivity contribution in [1.29, 1.82) is 0 Å². The number of hydrogen-bond donors (Lipinski definition) is 1. The first kappa shape index (κ1) is 22.7. The molecular formula is C24H19ClN2O2S3. The molecule has 1 aliphatic heterocycles. The number of rotatable bonds is 5. The van der Waals surface area contributed by atoms with E-state index in [2.05, 4.69) is 19.2 Å². The lowest BCUT2D eigenvalue weighted by atomic mass is 10.0. The number of thiophene rings is 1. The van der Waals surface area contributed by atoms with Crippen LogP contribution in [0.5, 0.6) is 0 Å². The number of hydrogen-bond acceptors (Lipinski definition) is 5. The Morgan fingerprint density at radius 1 is 1.03 bits per heavy atom. The number of benzene rings is 2. The van der Waals surface area contributed by atoms with Gasteiger partial charge in [-0.15, -0.1) is 11.3 Å². The molecule has 4 rings (SSSR count). The molecule has 162 valence electrons. The second-order valence-corrected chi connectivity index (χ2v) is 10.7. The summed E-state index contributed by atoms with van der Waals surface area (Å²) in [5.74, 6) is -0.548. The zero-order valence-electron chi connectivity index (χ0n) is 17.3. The summed E-state index contributed by atoms with van der Waals surface area (Å²) in [6.45, 7) is 4.21. The normalized spacial score (nSPS) is 15.6. The van der Waals surface area contributed by atoms with Gasteiger partial charge in [-0.25, -0.2) is 0 Å². The lowest BCUT2D eigenvalue weighted by Gasteiger charge is -2.29. The predicted octanol–water partition coefficient (Wildman–Crippen LogP) is 6.51. The highest BCUT2D eigenvalue weighted by Gasteiger charge is 2.34. The summed E-state index contributed by atoms with van der Waals surface area (Å²) in [6.07, 6.45) is 1.62. The predicted molar refractivity (Wildman–Crippen MR) is 137 cm³/mol. The third-order valence-corrected chi connectivity index (χ3v) is 7.55. The smallest absolute Gasteiger partial charge is 0.270 e. The molecule has 3 aromatic rings. The fourth-order valence-corrected chi connectivity index (χ4v) is 5.60. The van der Waals surface area contributed by atoms with Crippen molar-refractivity contribution in [2.75, 3.05) is 4.90 Å². The average Bonchev–Trinajstić information content (AvgIpc) is 3.20. The molecule has 0 bridgehead atoms. The van der Waals surface area contributed by atoms with Gasteiger partial charge in [0.25, 0.3) is 11.8 Å². The zero-order valence-corrected chi connectivity index (χ0v) is 20.5. The van der Waals surface area contributed by atoms with Gasteiger partial charge in [-0.3, -0.25) is 19.8 Å². The molecule has 4 nitrogen and oxygen atoms in total. The van der Waals surface area contributed by atoms with E-state index in [1.54, 1.807) is 17.8 Å². The Morgan fingerprint density at radius 3 is 2.38 bits per heavy atom. The number of amides is 2. The monoisotopic (exact) mass is 498 g/mol. The molecule has 1 aromatic heterocycles. The molecule has 2 aromatic carbocycles. The van der Waals surface area contributed by atoms with Crippen LogP contribution in [-0.2, 0) is 9.59 Å². The zero-order chi connectivity index (χ0) is 22.8. The van der Waals surface area contributed by atoms with Crippen LogP contribution in [0.3, 0.4) is 0 Å². The summed E-state index contributed by atoms with van der Waals surface area (Å²) in [5, 5.41) is 3.41. The Morgan fingerprint density at radius 2 is 1.72 bits per heavy atom. The van der Waals surface area contributed by atoms with Gasteiger partial charge in [0, 0.05) is 14.8 Å². The maximum atomic E-state index is 13.2. The molecule has 1 N–H and O–H groups in total. The van der Waals surface area contributed by atoms with Crippen molar-refractivity contribution in [3.63, 3.8) is 0 Å². The third-order valence-electron chi connectivity index (χ3n) is 4.84. The number of thiocarbonyl (C=S) groups is 1. The summed E-state index contributed by atoms with van der Waals surface area (Å²) >= 11 is 14.3. The number of halogens is 1. The Kier molecular flexibility index (Phi) is 6.81. The van der Waals surface area contributed by atoms with Crippen LogP contribution in [-0.4, -0.2) is 16.9 Å². The Balaban J connectivity index is 1.57. The van der Waals surface area contributed by atoms with Crippen LogP contribution >= 0.6 is 46.9 Å². The van der Waals surface area contributed by atoms with Crippen LogP contribution in [0.15, 0.2) is 75.3 Å².